The van der Waals surface area contributed by atoms with E-state index in [9.17, 15) is 19.2 Å². The van der Waals surface area contributed by atoms with Crippen molar-refractivity contribution in [2.45, 2.75) is 31.2 Å². The number of hydrogen-bond acceptors (Lipinski definition) is 4. The van der Waals surface area contributed by atoms with E-state index in [1.807, 2.05) is 0 Å². The van der Waals surface area contributed by atoms with Crippen molar-refractivity contribution in [1.82, 2.24) is 15.5 Å². The summed E-state index contributed by atoms with van der Waals surface area (Å²) in [6.45, 7) is 0.474. The molecule has 8 nitrogen and oxygen atoms in total. The van der Waals surface area contributed by atoms with Crippen LogP contribution in [0.2, 0.25) is 0 Å². The van der Waals surface area contributed by atoms with E-state index in [1.165, 1.54) is 4.90 Å². The van der Waals surface area contributed by atoms with Crippen molar-refractivity contribution in [1.29, 1.82) is 0 Å². The first-order chi connectivity index (χ1) is 9.93. The van der Waals surface area contributed by atoms with Crippen LogP contribution in [0.5, 0.6) is 0 Å². The molecule has 1 spiro atoms. The van der Waals surface area contributed by atoms with Crippen LogP contribution < -0.4 is 10.6 Å². The second-order valence-electron chi connectivity index (χ2n) is 5.98. The molecule has 4 amide bonds. The van der Waals surface area contributed by atoms with Crippen LogP contribution in [-0.2, 0) is 14.4 Å². The Morgan fingerprint density at radius 1 is 1.24 bits per heavy atom. The number of imide groups is 1. The SMILES string of the molecule is O=C1NC(=O)C2(CCN(C(=O)[C@@H]3CCC[C@@H]3C(=O)O)C2)N1. The molecule has 0 aromatic rings. The Morgan fingerprint density at radius 3 is 2.57 bits per heavy atom. The van der Waals surface area contributed by atoms with Gasteiger partial charge in [-0.2, -0.15) is 0 Å². The summed E-state index contributed by atoms with van der Waals surface area (Å²) in [6, 6.07) is -0.543. The Balaban J connectivity index is 1.72. The average Bonchev–Trinajstić information content (AvgIpc) is 3.10. The smallest absolute Gasteiger partial charge is 0.322 e. The number of carbonyl (C=O) groups excluding carboxylic acids is 3. The normalized spacial score (nSPS) is 35.1. The molecule has 3 aliphatic rings. The largest absolute Gasteiger partial charge is 0.481 e. The van der Waals surface area contributed by atoms with Crippen LogP contribution in [-0.4, -0.2) is 52.4 Å². The molecule has 3 rings (SSSR count). The Labute approximate surface area is 120 Å². The first kappa shape index (κ1) is 13.8. The lowest BCUT2D eigenvalue weighted by Gasteiger charge is -2.25. The highest BCUT2D eigenvalue weighted by molar-refractivity contribution is 6.07. The van der Waals surface area contributed by atoms with Crippen LogP contribution in [0.3, 0.4) is 0 Å². The maximum absolute atomic E-state index is 12.5. The van der Waals surface area contributed by atoms with Crippen molar-refractivity contribution in [3.05, 3.63) is 0 Å². The van der Waals surface area contributed by atoms with E-state index < -0.39 is 35.3 Å². The number of amides is 4. The zero-order valence-electron chi connectivity index (χ0n) is 11.4. The van der Waals surface area contributed by atoms with Crippen LogP contribution in [0.15, 0.2) is 0 Å². The molecule has 1 saturated carbocycles. The zero-order chi connectivity index (χ0) is 15.2. The summed E-state index contributed by atoms with van der Waals surface area (Å²) in [5.41, 5.74) is -1.04. The topological polar surface area (TPSA) is 116 Å². The lowest BCUT2D eigenvalue weighted by Crippen LogP contribution is -2.50. The van der Waals surface area contributed by atoms with Gasteiger partial charge in [0.15, 0.2) is 0 Å². The fourth-order valence-corrected chi connectivity index (χ4v) is 3.60. The molecule has 114 valence electrons. The number of hydrogen-bond donors (Lipinski definition) is 3. The molecule has 0 aromatic heterocycles. The Kier molecular flexibility index (Phi) is 3.11. The van der Waals surface area contributed by atoms with E-state index in [0.717, 1.165) is 6.42 Å². The maximum atomic E-state index is 12.5. The van der Waals surface area contributed by atoms with Gasteiger partial charge in [0.05, 0.1) is 18.4 Å². The lowest BCUT2D eigenvalue weighted by molar-refractivity contribution is -0.148. The molecule has 2 saturated heterocycles. The van der Waals surface area contributed by atoms with Gasteiger partial charge in [0.1, 0.15) is 5.54 Å². The number of nitrogens with zero attached hydrogens (tertiary/aromatic N) is 1. The molecular weight excluding hydrogens is 278 g/mol. The van der Waals surface area contributed by atoms with Gasteiger partial charge >= 0.3 is 12.0 Å². The minimum atomic E-state index is -1.04. The quantitative estimate of drug-likeness (QED) is 0.582. The predicted octanol–water partition coefficient (Wildman–Crippen LogP) is -0.702. The van der Waals surface area contributed by atoms with Crippen LogP contribution in [0, 0.1) is 11.8 Å². The van der Waals surface area contributed by atoms with Crippen LogP contribution >= 0.6 is 0 Å². The molecule has 0 bridgehead atoms. The van der Waals surface area contributed by atoms with Gasteiger partial charge in [0, 0.05) is 6.54 Å². The Bertz CT molecular complexity index is 534. The molecule has 8 heteroatoms. The first-order valence-corrected chi connectivity index (χ1v) is 7.08. The molecule has 0 radical (unpaired) electrons. The van der Waals surface area contributed by atoms with Crippen LogP contribution in [0.25, 0.3) is 0 Å². The lowest BCUT2D eigenvalue weighted by atomic mass is 9.94. The number of urea groups is 1. The highest BCUT2D eigenvalue weighted by Gasteiger charge is 2.53. The highest BCUT2D eigenvalue weighted by atomic mass is 16.4. The molecule has 2 aliphatic heterocycles. The molecule has 3 N–H and O–H groups in total. The minimum Gasteiger partial charge on any atom is -0.481 e. The minimum absolute atomic E-state index is 0.117. The fourth-order valence-electron chi connectivity index (χ4n) is 3.60. The van der Waals surface area contributed by atoms with Crippen LogP contribution in [0.4, 0.5) is 4.79 Å². The molecule has 1 aliphatic carbocycles. The molecule has 1 unspecified atom stereocenters. The van der Waals surface area contributed by atoms with E-state index in [-0.39, 0.29) is 12.5 Å². The molecule has 21 heavy (non-hydrogen) atoms. The Morgan fingerprint density at radius 2 is 1.95 bits per heavy atom. The maximum Gasteiger partial charge on any atom is 0.322 e. The third-order valence-electron chi connectivity index (χ3n) is 4.75. The van der Waals surface area contributed by atoms with Gasteiger partial charge in [-0.1, -0.05) is 6.42 Å². The van der Waals surface area contributed by atoms with Gasteiger partial charge < -0.3 is 15.3 Å². The van der Waals surface area contributed by atoms with E-state index in [4.69, 9.17) is 5.11 Å². The summed E-state index contributed by atoms with van der Waals surface area (Å²) in [5.74, 6) is -2.72. The van der Waals surface area contributed by atoms with Crippen molar-refractivity contribution >= 4 is 23.8 Å². The predicted molar refractivity (Wildman–Crippen MR) is 69.1 cm³/mol. The van der Waals surface area contributed by atoms with Crippen LogP contribution in [0.1, 0.15) is 25.7 Å². The number of likely N-dealkylation sites (tertiary alicyclic amines) is 1. The molecule has 0 aromatic carbocycles. The summed E-state index contributed by atoms with van der Waals surface area (Å²) in [4.78, 5) is 48.3. The number of carbonyl (C=O) groups is 4. The molecule has 3 fully saturated rings. The molecular formula is C13H17N3O5. The number of carboxylic acids is 1. The van der Waals surface area contributed by atoms with Crippen molar-refractivity contribution in [3.63, 3.8) is 0 Å². The summed E-state index contributed by atoms with van der Waals surface area (Å²) in [6.07, 6.45) is 2.17. The zero-order valence-corrected chi connectivity index (χ0v) is 11.4. The highest BCUT2D eigenvalue weighted by Crippen LogP contribution is 2.35. The van der Waals surface area contributed by atoms with Gasteiger partial charge in [-0.25, -0.2) is 4.79 Å². The fraction of sp³-hybridized carbons (Fsp3) is 0.692. The van der Waals surface area contributed by atoms with Gasteiger partial charge in [-0.3, -0.25) is 19.7 Å². The third-order valence-corrected chi connectivity index (χ3v) is 4.75. The standard InChI is InChI=1S/C13H17N3O5/c17-9(7-2-1-3-8(7)10(18)19)16-5-4-13(6-16)11(20)14-12(21)15-13/h7-8H,1-6H2,(H,18,19)(H2,14,15,20,21)/t7-,8+,13?/m1/s1. The monoisotopic (exact) mass is 295 g/mol. The second kappa shape index (κ2) is 4.71. The summed E-state index contributed by atoms with van der Waals surface area (Å²) < 4.78 is 0. The van der Waals surface area contributed by atoms with Crippen molar-refractivity contribution in [2.24, 2.45) is 11.8 Å². The number of rotatable bonds is 2. The van der Waals surface area contributed by atoms with Crippen molar-refractivity contribution < 1.29 is 24.3 Å². The Hall–Kier alpha value is -2.12. The average molecular weight is 295 g/mol. The number of carboxylic acid groups (broad SMARTS) is 1. The van der Waals surface area contributed by atoms with E-state index in [1.54, 1.807) is 0 Å². The second-order valence-corrected chi connectivity index (χ2v) is 5.98. The first-order valence-electron chi connectivity index (χ1n) is 7.08. The van der Waals surface area contributed by atoms with Gasteiger partial charge in [-0.15, -0.1) is 0 Å². The van der Waals surface area contributed by atoms with Gasteiger partial charge in [-0.05, 0) is 19.3 Å². The third kappa shape index (κ3) is 2.14. The summed E-state index contributed by atoms with van der Waals surface area (Å²) in [7, 11) is 0. The number of aliphatic carboxylic acids is 1. The summed E-state index contributed by atoms with van der Waals surface area (Å²) >= 11 is 0. The molecule has 3 atom stereocenters. The van der Waals surface area contributed by atoms with E-state index in [0.29, 0.717) is 25.8 Å². The number of nitrogens with one attached hydrogen (secondary N) is 2. The van der Waals surface area contributed by atoms with Crippen molar-refractivity contribution in [2.75, 3.05) is 13.1 Å². The van der Waals surface area contributed by atoms with E-state index >= 15 is 0 Å². The van der Waals surface area contributed by atoms with Gasteiger partial charge in [0.25, 0.3) is 5.91 Å². The van der Waals surface area contributed by atoms with E-state index in [2.05, 4.69) is 10.6 Å². The van der Waals surface area contributed by atoms with Gasteiger partial charge in [0.2, 0.25) is 5.91 Å². The molecule has 2 heterocycles. The van der Waals surface area contributed by atoms with Crippen molar-refractivity contribution in [3.8, 4) is 0 Å². The summed E-state index contributed by atoms with van der Waals surface area (Å²) in [5, 5.41) is 13.9.